The van der Waals surface area contributed by atoms with E-state index in [1.807, 2.05) is 0 Å². The van der Waals surface area contributed by atoms with Crippen LogP contribution in [0.1, 0.15) is 17.0 Å². The molecule has 0 fully saturated rings. The summed E-state index contributed by atoms with van der Waals surface area (Å²) in [5.41, 5.74) is 6.72. The number of para-hydroxylation sites is 1. The van der Waals surface area contributed by atoms with Gasteiger partial charge in [0.15, 0.2) is 5.75 Å². The van der Waals surface area contributed by atoms with Gasteiger partial charge in [-0.25, -0.2) is 4.79 Å². The first-order valence-electron chi connectivity index (χ1n) is 8.44. The molecule has 1 aromatic heterocycles. The maximum Gasteiger partial charge on any atom is 0.344 e. The van der Waals surface area contributed by atoms with Crippen LogP contribution in [-0.4, -0.2) is 14.2 Å². The largest absolute Gasteiger partial charge is 0.497 e. The Hall–Kier alpha value is -3.92. The molecule has 2 aromatic carbocycles. The molecular formula is C21H16N2O5. The van der Waals surface area contributed by atoms with Crippen molar-refractivity contribution in [3.8, 4) is 23.3 Å². The van der Waals surface area contributed by atoms with Crippen LogP contribution in [0.2, 0.25) is 0 Å². The molecule has 0 saturated heterocycles. The summed E-state index contributed by atoms with van der Waals surface area (Å²) in [4.78, 5) is 12.9. The first kappa shape index (κ1) is 17.5. The smallest absolute Gasteiger partial charge is 0.344 e. The molecule has 2 heterocycles. The third-order valence-corrected chi connectivity index (χ3v) is 4.73. The molecule has 0 aliphatic carbocycles. The predicted molar refractivity (Wildman–Crippen MR) is 101 cm³/mol. The Kier molecular flexibility index (Phi) is 4.17. The van der Waals surface area contributed by atoms with Gasteiger partial charge in [-0.3, -0.25) is 0 Å². The van der Waals surface area contributed by atoms with Crippen molar-refractivity contribution in [3.63, 3.8) is 0 Å². The number of nitrogens with two attached hydrogens (primary N) is 1. The number of allylic oxidation sites excluding steroid dienone is 1. The third kappa shape index (κ3) is 2.55. The molecule has 3 aromatic rings. The van der Waals surface area contributed by atoms with Gasteiger partial charge in [0.25, 0.3) is 0 Å². The van der Waals surface area contributed by atoms with Crippen LogP contribution in [-0.2, 0) is 0 Å². The van der Waals surface area contributed by atoms with Crippen molar-refractivity contribution in [3.05, 3.63) is 75.5 Å². The zero-order valence-corrected chi connectivity index (χ0v) is 15.2. The Balaban J connectivity index is 2.07. The Labute approximate surface area is 160 Å². The van der Waals surface area contributed by atoms with Gasteiger partial charge in [-0.1, -0.05) is 18.2 Å². The first-order chi connectivity index (χ1) is 13.6. The minimum Gasteiger partial charge on any atom is -0.497 e. The minimum atomic E-state index is -0.796. The number of fused-ring (bicyclic) bond motifs is 3. The fraction of sp³-hybridized carbons (Fsp3) is 0.143. The molecule has 0 bridgehead atoms. The highest BCUT2D eigenvalue weighted by Gasteiger charge is 2.37. The highest BCUT2D eigenvalue weighted by Crippen LogP contribution is 2.46. The van der Waals surface area contributed by atoms with Crippen LogP contribution in [0.5, 0.6) is 17.2 Å². The number of rotatable bonds is 3. The second-order valence-electron chi connectivity index (χ2n) is 6.16. The van der Waals surface area contributed by atoms with E-state index in [9.17, 15) is 10.1 Å². The lowest BCUT2D eigenvalue weighted by Gasteiger charge is -2.27. The van der Waals surface area contributed by atoms with E-state index >= 15 is 0 Å². The zero-order chi connectivity index (χ0) is 19.8. The first-order valence-corrected chi connectivity index (χ1v) is 8.44. The highest BCUT2D eigenvalue weighted by molar-refractivity contribution is 5.86. The number of hydrogen-bond donors (Lipinski definition) is 1. The fourth-order valence-electron chi connectivity index (χ4n) is 3.43. The standard InChI is InChI=1S/C21H16N2O5/c1-25-11-7-8-12(16(9-11)26-2)17-14(10-22)20(23)28-19-13-5-3-4-6-15(13)27-21(24)18(17)19/h3-9,17H,23H2,1-2H3/t17-/m1/s1. The molecule has 2 N–H and O–H groups in total. The summed E-state index contributed by atoms with van der Waals surface area (Å²) in [6.07, 6.45) is 0. The Morgan fingerprint density at radius 1 is 1.14 bits per heavy atom. The molecule has 0 unspecified atom stereocenters. The van der Waals surface area contributed by atoms with E-state index in [1.54, 1.807) is 42.5 Å². The molecule has 1 atom stereocenters. The fourth-order valence-corrected chi connectivity index (χ4v) is 3.43. The molecular weight excluding hydrogens is 360 g/mol. The monoisotopic (exact) mass is 376 g/mol. The van der Waals surface area contributed by atoms with E-state index in [-0.39, 0.29) is 22.8 Å². The Bertz CT molecular complexity index is 1220. The molecule has 140 valence electrons. The van der Waals surface area contributed by atoms with Gasteiger partial charge in [0.2, 0.25) is 5.88 Å². The van der Waals surface area contributed by atoms with Gasteiger partial charge in [0.1, 0.15) is 28.7 Å². The average molecular weight is 376 g/mol. The van der Waals surface area contributed by atoms with E-state index in [1.165, 1.54) is 14.2 Å². The molecule has 0 amide bonds. The van der Waals surface area contributed by atoms with Gasteiger partial charge >= 0.3 is 5.63 Å². The third-order valence-electron chi connectivity index (χ3n) is 4.73. The number of nitriles is 1. The normalized spacial score (nSPS) is 15.5. The lowest BCUT2D eigenvalue weighted by molar-refractivity contribution is 0.378. The van der Waals surface area contributed by atoms with Crippen molar-refractivity contribution < 1.29 is 18.6 Å². The summed E-state index contributed by atoms with van der Waals surface area (Å²) < 4.78 is 21.9. The summed E-state index contributed by atoms with van der Waals surface area (Å²) in [7, 11) is 3.04. The van der Waals surface area contributed by atoms with E-state index in [0.29, 0.717) is 28.0 Å². The van der Waals surface area contributed by atoms with Crippen molar-refractivity contribution in [2.24, 2.45) is 5.73 Å². The maximum atomic E-state index is 12.9. The van der Waals surface area contributed by atoms with Crippen LogP contribution >= 0.6 is 0 Å². The van der Waals surface area contributed by atoms with Crippen molar-refractivity contribution in [2.45, 2.75) is 5.92 Å². The highest BCUT2D eigenvalue weighted by atomic mass is 16.5. The second kappa shape index (κ2) is 6.67. The SMILES string of the molecule is COc1ccc([C@@H]2C(C#N)=C(N)Oc3c2c(=O)oc2ccccc32)c(OC)c1. The van der Waals surface area contributed by atoms with E-state index in [2.05, 4.69) is 6.07 Å². The summed E-state index contributed by atoms with van der Waals surface area (Å²) in [5, 5.41) is 10.3. The Morgan fingerprint density at radius 3 is 2.64 bits per heavy atom. The summed E-state index contributed by atoms with van der Waals surface area (Å²) in [6, 6.07) is 14.2. The number of benzene rings is 2. The maximum absolute atomic E-state index is 12.9. The van der Waals surface area contributed by atoms with Gasteiger partial charge in [0.05, 0.1) is 31.1 Å². The van der Waals surface area contributed by atoms with E-state index < -0.39 is 11.5 Å². The van der Waals surface area contributed by atoms with Crippen molar-refractivity contribution in [1.29, 1.82) is 5.26 Å². The van der Waals surface area contributed by atoms with Crippen LogP contribution in [0.25, 0.3) is 11.0 Å². The molecule has 28 heavy (non-hydrogen) atoms. The number of nitrogens with zero attached hydrogens (tertiary/aromatic N) is 1. The van der Waals surface area contributed by atoms with Crippen LogP contribution in [0.4, 0.5) is 0 Å². The van der Waals surface area contributed by atoms with Gasteiger partial charge in [-0.2, -0.15) is 5.26 Å². The van der Waals surface area contributed by atoms with Crippen molar-refractivity contribution in [2.75, 3.05) is 14.2 Å². The van der Waals surface area contributed by atoms with Gasteiger partial charge in [0, 0.05) is 11.6 Å². The van der Waals surface area contributed by atoms with Gasteiger partial charge in [-0.05, 0) is 18.2 Å². The summed E-state index contributed by atoms with van der Waals surface area (Å²) >= 11 is 0. The van der Waals surface area contributed by atoms with E-state index in [4.69, 9.17) is 24.4 Å². The quantitative estimate of drug-likeness (QED) is 0.700. The molecule has 4 rings (SSSR count). The van der Waals surface area contributed by atoms with Gasteiger partial charge < -0.3 is 24.4 Å². The lowest BCUT2D eigenvalue weighted by Crippen LogP contribution is -2.26. The second-order valence-corrected chi connectivity index (χ2v) is 6.16. The summed E-state index contributed by atoms with van der Waals surface area (Å²) in [6.45, 7) is 0. The molecule has 7 nitrogen and oxygen atoms in total. The molecule has 1 aliphatic rings. The van der Waals surface area contributed by atoms with E-state index in [0.717, 1.165) is 0 Å². The van der Waals surface area contributed by atoms with Crippen molar-refractivity contribution in [1.82, 2.24) is 0 Å². The molecule has 0 radical (unpaired) electrons. The molecule has 0 saturated carbocycles. The average Bonchev–Trinajstić information content (AvgIpc) is 2.72. The van der Waals surface area contributed by atoms with Crippen molar-refractivity contribution >= 4 is 11.0 Å². The molecule has 1 aliphatic heterocycles. The van der Waals surface area contributed by atoms with Crippen LogP contribution < -0.4 is 25.6 Å². The number of methoxy groups -OCH3 is 2. The summed E-state index contributed by atoms with van der Waals surface area (Å²) in [5.74, 6) is 0.453. The predicted octanol–water partition coefficient (Wildman–Crippen LogP) is 3.03. The number of hydrogen-bond acceptors (Lipinski definition) is 7. The lowest BCUT2D eigenvalue weighted by atomic mass is 9.83. The molecule has 0 spiro atoms. The van der Waals surface area contributed by atoms with Crippen LogP contribution in [0, 0.1) is 11.3 Å². The van der Waals surface area contributed by atoms with Crippen LogP contribution in [0.3, 0.4) is 0 Å². The Morgan fingerprint density at radius 2 is 1.93 bits per heavy atom. The topological polar surface area (TPSA) is 108 Å². The molecule has 7 heteroatoms. The number of ether oxygens (including phenoxy) is 3. The van der Waals surface area contributed by atoms with Crippen LogP contribution in [0.15, 0.2) is 63.1 Å². The van der Waals surface area contributed by atoms with Gasteiger partial charge in [-0.15, -0.1) is 0 Å². The zero-order valence-electron chi connectivity index (χ0n) is 15.2. The minimum absolute atomic E-state index is 0.0615.